The summed E-state index contributed by atoms with van der Waals surface area (Å²) in [5.74, 6) is 0. The van der Waals surface area contributed by atoms with Crippen LogP contribution < -0.4 is 0 Å². The molecule has 1 rings (SSSR count). The Balaban J connectivity index is 1.99. The molecule has 1 heterocycles. The highest BCUT2D eigenvalue weighted by Crippen LogP contribution is 2.24. The van der Waals surface area contributed by atoms with Gasteiger partial charge in [0.05, 0.1) is 6.61 Å². The molecular weight excluding hydrogens is 312 g/mol. The molecule has 1 fully saturated rings. The first-order chi connectivity index (χ1) is 11.6. The first-order valence-electron chi connectivity index (χ1n) is 9.54. The average Bonchev–Trinajstić information content (AvgIpc) is 2.87. The Morgan fingerprint density at radius 2 is 1.42 bits per heavy atom. The fourth-order valence-corrected chi connectivity index (χ4v) is 3.02. The predicted molar refractivity (Wildman–Crippen MR) is 91.6 cm³/mol. The van der Waals surface area contributed by atoms with Crippen LogP contribution in [0.25, 0.3) is 0 Å². The van der Waals surface area contributed by atoms with Crippen molar-refractivity contribution in [3.05, 3.63) is 0 Å². The van der Waals surface area contributed by atoms with Crippen molar-refractivity contribution in [1.82, 2.24) is 0 Å². The van der Waals surface area contributed by atoms with E-state index in [4.69, 9.17) is 14.6 Å². The van der Waals surface area contributed by atoms with E-state index in [1.807, 2.05) is 0 Å². The van der Waals surface area contributed by atoms with Crippen LogP contribution in [0.1, 0.15) is 71.1 Å². The fraction of sp³-hybridized carbons (Fsp3) is 1.00. The normalized spacial score (nSPS) is 28.4. The molecule has 0 spiro atoms. The Morgan fingerprint density at radius 1 is 0.875 bits per heavy atom. The lowest BCUT2D eigenvalue weighted by Gasteiger charge is -2.18. The fourth-order valence-electron chi connectivity index (χ4n) is 3.02. The molecule has 0 aromatic heterocycles. The number of aliphatic hydroxyl groups is 4. The molecule has 0 saturated carbocycles. The Labute approximate surface area is 145 Å². The molecule has 5 atom stereocenters. The van der Waals surface area contributed by atoms with Gasteiger partial charge in [0.15, 0.2) is 6.29 Å². The molecule has 6 heteroatoms. The van der Waals surface area contributed by atoms with Crippen molar-refractivity contribution in [2.45, 2.75) is 102 Å². The van der Waals surface area contributed by atoms with Gasteiger partial charge in [-0.3, -0.25) is 0 Å². The summed E-state index contributed by atoms with van der Waals surface area (Å²) in [7, 11) is 0. The maximum absolute atomic E-state index is 9.84. The van der Waals surface area contributed by atoms with Crippen LogP contribution in [-0.4, -0.2) is 64.3 Å². The SMILES string of the molecule is CCCCCCCCCCCCO[C@H]1O[C@@H]([C@H](O)CO)[C@H](O)[C@H]1O. The van der Waals surface area contributed by atoms with Gasteiger partial charge in [0, 0.05) is 6.61 Å². The summed E-state index contributed by atoms with van der Waals surface area (Å²) in [4.78, 5) is 0. The predicted octanol–water partition coefficient (Wildman–Crippen LogP) is 1.72. The standard InChI is InChI=1S/C18H36O6/c1-2-3-4-5-6-7-8-9-10-11-12-23-18-16(22)15(21)17(24-18)14(20)13-19/h14-22H,2-13H2,1H3/t14-,15-,16-,17+,18+/m1/s1. The van der Waals surface area contributed by atoms with Crippen LogP contribution in [0.15, 0.2) is 0 Å². The van der Waals surface area contributed by atoms with E-state index in [-0.39, 0.29) is 0 Å². The van der Waals surface area contributed by atoms with E-state index >= 15 is 0 Å². The number of ether oxygens (including phenoxy) is 2. The highest BCUT2D eigenvalue weighted by Gasteiger charge is 2.46. The van der Waals surface area contributed by atoms with Crippen LogP contribution in [0.4, 0.5) is 0 Å². The summed E-state index contributed by atoms with van der Waals surface area (Å²) >= 11 is 0. The molecule has 0 aromatic rings. The van der Waals surface area contributed by atoms with E-state index < -0.39 is 37.3 Å². The van der Waals surface area contributed by atoms with Crippen LogP contribution in [-0.2, 0) is 9.47 Å². The van der Waals surface area contributed by atoms with E-state index in [9.17, 15) is 15.3 Å². The van der Waals surface area contributed by atoms with Gasteiger partial charge in [0.25, 0.3) is 0 Å². The zero-order valence-electron chi connectivity index (χ0n) is 15.0. The average molecular weight is 348 g/mol. The lowest BCUT2D eigenvalue weighted by Crippen LogP contribution is -2.40. The molecular formula is C18H36O6. The Bertz CT molecular complexity index is 301. The van der Waals surface area contributed by atoms with E-state index in [0.29, 0.717) is 6.61 Å². The van der Waals surface area contributed by atoms with Crippen molar-refractivity contribution >= 4 is 0 Å². The smallest absolute Gasteiger partial charge is 0.186 e. The van der Waals surface area contributed by atoms with Gasteiger partial charge in [-0.25, -0.2) is 0 Å². The van der Waals surface area contributed by atoms with Crippen LogP contribution >= 0.6 is 0 Å². The zero-order chi connectivity index (χ0) is 17.8. The number of unbranched alkanes of at least 4 members (excludes halogenated alkanes) is 9. The molecule has 0 bridgehead atoms. The van der Waals surface area contributed by atoms with Gasteiger partial charge in [-0.1, -0.05) is 64.7 Å². The molecule has 0 aromatic carbocycles. The molecule has 24 heavy (non-hydrogen) atoms. The topological polar surface area (TPSA) is 99.4 Å². The zero-order valence-corrected chi connectivity index (χ0v) is 15.0. The molecule has 6 nitrogen and oxygen atoms in total. The molecule has 0 aliphatic carbocycles. The lowest BCUT2D eigenvalue weighted by atomic mass is 10.1. The van der Waals surface area contributed by atoms with Gasteiger partial charge in [-0.15, -0.1) is 0 Å². The van der Waals surface area contributed by atoms with Crippen LogP contribution in [0.5, 0.6) is 0 Å². The molecule has 0 unspecified atom stereocenters. The minimum Gasteiger partial charge on any atom is -0.394 e. The third-order valence-electron chi connectivity index (χ3n) is 4.60. The number of hydrogen-bond donors (Lipinski definition) is 4. The summed E-state index contributed by atoms with van der Waals surface area (Å²) in [5, 5.41) is 38.0. The summed E-state index contributed by atoms with van der Waals surface area (Å²) in [5.41, 5.74) is 0. The van der Waals surface area contributed by atoms with E-state index in [1.165, 1.54) is 51.4 Å². The van der Waals surface area contributed by atoms with Crippen LogP contribution in [0, 0.1) is 0 Å². The molecule has 144 valence electrons. The largest absolute Gasteiger partial charge is 0.394 e. The summed E-state index contributed by atoms with van der Waals surface area (Å²) in [6.45, 7) is 2.15. The molecule has 1 saturated heterocycles. The lowest BCUT2D eigenvalue weighted by molar-refractivity contribution is -0.181. The second-order valence-corrected chi connectivity index (χ2v) is 6.75. The highest BCUT2D eigenvalue weighted by atomic mass is 16.7. The number of aliphatic hydroxyl groups excluding tert-OH is 4. The van der Waals surface area contributed by atoms with Crippen LogP contribution in [0.2, 0.25) is 0 Å². The third kappa shape index (κ3) is 7.76. The Kier molecular flexibility index (Phi) is 11.8. The van der Waals surface area contributed by atoms with Gasteiger partial charge in [0.1, 0.15) is 24.4 Å². The molecule has 4 N–H and O–H groups in total. The van der Waals surface area contributed by atoms with Crippen molar-refractivity contribution in [2.75, 3.05) is 13.2 Å². The van der Waals surface area contributed by atoms with E-state index in [1.54, 1.807) is 0 Å². The second kappa shape index (κ2) is 13.0. The Hall–Kier alpha value is -0.240. The van der Waals surface area contributed by atoms with Crippen LogP contribution in [0.3, 0.4) is 0 Å². The summed E-state index contributed by atoms with van der Waals surface area (Å²) in [6, 6.07) is 0. The maximum Gasteiger partial charge on any atom is 0.186 e. The van der Waals surface area contributed by atoms with Gasteiger partial charge in [0.2, 0.25) is 0 Å². The molecule has 1 aliphatic heterocycles. The first kappa shape index (κ1) is 21.8. The van der Waals surface area contributed by atoms with Gasteiger partial charge in [-0.05, 0) is 6.42 Å². The highest BCUT2D eigenvalue weighted by molar-refractivity contribution is 4.90. The summed E-state index contributed by atoms with van der Waals surface area (Å²) in [6.07, 6.45) is 6.72. The van der Waals surface area contributed by atoms with Crippen molar-refractivity contribution in [3.8, 4) is 0 Å². The number of rotatable bonds is 14. The van der Waals surface area contributed by atoms with E-state index in [0.717, 1.165) is 12.8 Å². The maximum atomic E-state index is 9.84. The van der Waals surface area contributed by atoms with Gasteiger partial charge in [-0.2, -0.15) is 0 Å². The van der Waals surface area contributed by atoms with Crippen molar-refractivity contribution < 1.29 is 29.9 Å². The molecule has 0 amide bonds. The van der Waals surface area contributed by atoms with Crippen molar-refractivity contribution in [1.29, 1.82) is 0 Å². The minimum atomic E-state index is -1.25. The summed E-state index contributed by atoms with van der Waals surface area (Å²) < 4.78 is 10.8. The van der Waals surface area contributed by atoms with Gasteiger partial charge < -0.3 is 29.9 Å². The first-order valence-corrected chi connectivity index (χ1v) is 9.54. The number of hydrogen-bond acceptors (Lipinski definition) is 6. The van der Waals surface area contributed by atoms with Crippen molar-refractivity contribution in [2.24, 2.45) is 0 Å². The molecule has 0 radical (unpaired) electrons. The molecule has 1 aliphatic rings. The monoisotopic (exact) mass is 348 g/mol. The minimum absolute atomic E-state index is 0.451. The quantitative estimate of drug-likeness (QED) is 0.357. The second-order valence-electron chi connectivity index (χ2n) is 6.75. The van der Waals surface area contributed by atoms with Crippen molar-refractivity contribution in [3.63, 3.8) is 0 Å². The Morgan fingerprint density at radius 3 is 1.96 bits per heavy atom. The third-order valence-corrected chi connectivity index (χ3v) is 4.60. The van der Waals surface area contributed by atoms with Gasteiger partial charge >= 0.3 is 0 Å². The van der Waals surface area contributed by atoms with E-state index in [2.05, 4.69) is 6.92 Å².